The van der Waals surface area contributed by atoms with Crippen LogP contribution >= 0.6 is 0 Å². The molecule has 10 rings (SSSR count). The summed E-state index contributed by atoms with van der Waals surface area (Å²) >= 11 is 0. The molecule has 0 bridgehead atoms. The Bertz CT molecular complexity index is 3550. The van der Waals surface area contributed by atoms with Gasteiger partial charge in [0.05, 0.1) is 0 Å². The Morgan fingerprint density at radius 3 is 1.61 bits per heavy atom. The Hall–Kier alpha value is -5.87. The van der Waals surface area contributed by atoms with Gasteiger partial charge in [0.25, 0.3) is 0 Å². The first-order valence-electron chi connectivity index (χ1n) is 18.9. The number of hydrogen-bond acceptors (Lipinski definition) is 4. The predicted molar refractivity (Wildman–Crippen MR) is 266 cm³/mol. The zero-order valence-electron chi connectivity index (χ0n) is 32.3. The molecule has 0 saturated heterocycles. The highest BCUT2D eigenvalue weighted by molar-refractivity contribution is 6.69. The molecule has 2 heterocycles. The fourth-order valence-electron chi connectivity index (χ4n) is 8.46. The van der Waals surface area contributed by atoms with E-state index in [1.807, 2.05) is 72.8 Å². The van der Waals surface area contributed by atoms with Crippen molar-refractivity contribution in [3.05, 3.63) is 91.0 Å². The minimum absolute atomic E-state index is 0.0706. The Balaban J connectivity index is 1.25. The van der Waals surface area contributed by atoms with Crippen LogP contribution in [-0.2, 0) is 0 Å². The average molecular weight is 743 g/mol. The first-order valence-corrected chi connectivity index (χ1v) is 18.9. The van der Waals surface area contributed by atoms with Crippen LogP contribution in [0.1, 0.15) is 0 Å². The summed E-state index contributed by atoms with van der Waals surface area (Å²) in [6.45, 7) is 0. The zero-order valence-corrected chi connectivity index (χ0v) is 32.3. The van der Waals surface area contributed by atoms with E-state index in [9.17, 15) is 0 Å². The molecule has 0 aliphatic rings. The maximum absolute atomic E-state index is 7.29. The molecule has 0 saturated carbocycles. The molecule has 10 aromatic rings. The van der Waals surface area contributed by atoms with E-state index < -0.39 is 0 Å². The molecule has 61 heavy (non-hydrogen) atoms. The Morgan fingerprint density at radius 1 is 0.328 bits per heavy atom. The van der Waals surface area contributed by atoms with E-state index in [2.05, 4.69) is 0 Å². The van der Waals surface area contributed by atoms with Crippen molar-refractivity contribution in [1.29, 1.82) is 0 Å². The highest BCUT2D eigenvalue weighted by atomic mass is 16.3. The van der Waals surface area contributed by atoms with E-state index in [0.717, 1.165) is 21.7 Å². The summed E-state index contributed by atoms with van der Waals surface area (Å²) < 4.78 is 6.44. The Labute approximate surface area is 367 Å². The zero-order chi connectivity index (χ0) is 42.8. The molecular weight excluding hydrogens is 728 g/mol. The van der Waals surface area contributed by atoms with Crippen LogP contribution in [-0.4, -0.2) is 109 Å². The van der Waals surface area contributed by atoms with E-state index in [0.29, 0.717) is 105 Å². The van der Waals surface area contributed by atoms with E-state index in [1.54, 1.807) is 18.2 Å². The van der Waals surface area contributed by atoms with E-state index >= 15 is 0 Å². The quantitative estimate of drug-likeness (QED) is 0.147. The number of nitrogens with zero attached hydrogens (tertiary/aromatic N) is 3. The van der Waals surface area contributed by atoms with Gasteiger partial charge >= 0.3 is 0 Å². The Morgan fingerprint density at radius 2 is 0.918 bits per heavy atom. The van der Waals surface area contributed by atoms with Gasteiger partial charge in [-0.3, -0.25) is 0 Å². The van der Waals surface area contributed by atoms with Crippen molar-refractivity contribution in [3.8, 4) is 45.3 Å². The smallest absolute Gasteiger partial charge is 0.164 e. The lowest BCUT2D eigenvalue weighted by molar-refractivity contribution is 0.669. The molecule has 0 fully saturated rings. The highest BCUT2D eigenvalue weighted by Crippen LogP contribution is 2.39. The normalized spacial score (nSPS) is 11.7. The van der Waals surface area contributed by atoms with Crippen LogP contribution in [0.25, 0.3) is 99.5 Å². The number of furan rings is 1. The molecule has 24 radical (unpaired) electrons. The van der Waals surface area contributed by atoms with E-state index in [4.69, 9.17) is 114 Å². The Kier molecular flexibility index (Phi) is 9.25. The van der Waals surface area contributed by atoms with Crippen molar-refractivity contribution in [2.75, 3.05) is 0 Å². The van der Waals surface area contributed by atoms with Crippen LogP contribution in [0, 0.1) is 0 Å². The van der Waals surface area contributed by atoms with Gasteiger partial charge in [-0.15, -0.1) is 32.8 Å². The number of fused-ring (bicyclic) bond motifs is 9. The van der Waals surface area contributed by atoms with Gasteiger partial charge in [-0.05, 0) is 67.7 Å². The van der Waals surface area contributed by atoms with Gasteiger partial charge in [0.2, 0.25) is 0 Å². The molecular formula is C45H15B12N3O. The van der Waals surface area contributed by atoms with Crippen LogP contribution in [0.3, 0.4) is 0 Å². The molecule has 0 aliphatic carbocycles. The lowest BCUT2D eigenvalue weighted by Crippen LogP contribution is -2.55. The summed E-state index contributed by atoms with van der Waals surface area (Å²) in [7, 11) is 78.5. The summed E-state index contributed by atoms with van der Waals surface area (Å²) in [5.74, 6) is 0.812. The molecule has 8 aromatic carbocycles. The van der Waals surface area contributed by atoms with Crippen LogP contribution in [0.15, 0.2) is 95.4 Å². The van der Waals surface area contributed by atoms with Gasteiger partial charge in [-0.1, -0.05) is 99.5 Å². The van der Waals surface area contributed by atoms with Crippen molar-refractivity contribution < 1.29 is 4.42 Å². The molecule has 0 aliphatic heterocycles. The van der Waals surface area contributed by atoms with Crippen molar-refractivity contribution in [2.45, 2.75) is 0 Å². The second-order valence-electron chi connectivity index (χ2n) is 15.0. The lowest BCUT2D eigenvalue weighted by Gasteiger charge is -2.23. The van der Waals surface area contributed by atoms with E-state index in [-0.39, 0.29) is 38.7 Å². The standard InChI is InChI=1S/C45H15B12N3O/c46-23-12-19-20(13-24(23)47)32-34(26(49)15-27(50)36(32)51)33-21(19)14-25(48)31(37(33)52)18-7-4-8-29-30(18)22-11-17(9-10-28(22)61-29)44-58-43(16-5-2-1-3-6-16)59-45(60-44)35-38(53)40(55)42(57)41(56)39(35)54/h1-15H. The first-order chi connectivity index (χ1) is 29.2. The number of aromatic nitrogens is 3. The third-order valence-electron chi connectivity index (χ3n) is 11.5. The number of benzene rings is 8. The number of rotatable bonds is 4. The monoisotopic (exact) mass is 745 g/mol. The molecule has 0 unspecified atom stereocenters. The van der Waals surface area contributed by atoms with Gasteiger partial charge in [0, 0.05) is 27.5 Å². The van der Waals surface area contributed by atoms with E-state index in [1.165, 1.54) is 0 Å². The number of hydrogen-bond donors (Lipinski definition) is 0. The molecule has 0 amide bonds. The summed E-state index contributed by atoms with van der Waals surface area (Å²) in [4.78, 5) is 14.6. The van der Waals surface area contributed by atoms with Gasteiger partial charge in [-0.25, -0.2) is 15.0 Å². The second kappa shape index (κ2) is 14.4. The molecule has 4 nitrogen and oxygen atoms in total. The molecule has 0 atom stereocenters. The third kappa shape index (κ3) is 5.96. The fraction of sp³-hybridized carbons (Fsp3) is 0. The van der Waals surface area contributed by atoms with Crippen molar-refractivity contribution in [1.82, 2.24) is 15.0 Å². The van der Waals surface area contributed by atoms with Gasteiger partial charge < -0.3 is 4.42 Å². The minimum Gasteiger partial charge on any atom is -0.456 e. The molecule has 16 heteroatoms. The van der Waals surface area contributed by atoms with Crippen LogP contribution in [0.4, 0.5) is 0 Å². The summed E-state index contributed by atoms with van der Waals surface area (Å²) in [6.07, 6.45) is 0. The maximum Gasteiger partial charge on any atom is 0.164 e. The average Bonchev–Trinajstić information content (AvgIpc) is 3.63. The van der Waals surface area contributed by atoms with Gasteiger partial charge in [-0.2, -0.15) is 0 Å². The highest BCUT2D eigenvalue weighted by Gasteiger charge is 2.23. The summed E-state index contributed by atoms with van der Waals surface area (Å²) in [6, 6.07) is 27.8. The largest absolute Gasteiger partial charge is 0.456 e. The fourth-order valence-corrected chi connectivity index (χ4v) is 8.46. The SMILES string of the molecule is [B]c1cc2c(cc1[B])c1c([B])c([B])cc([B])c1c1c([B])c(-c3cccc4oc5ccc(-c6nc(-c7ccccc7)nc(-c7c([B])c([B])c([B])c([B])c7[B])n6)cc5c34)c([B])cc21. The van der Waals surface area contributed by atoms with Gasteiger partial charge in [0.15, 0.2) is 17.5 Å². The minimum atomic E-state index is 0.0706. The molecule has 0 spiro atoms. The van der Waals surface area contributed by atoms with Crippen LogP contribution in [0.2, 0.25) is 0 Å². The van der Waals surface area contributed by atoms with Crippen LogP contribution < -0.4 is 65.6 Å². The maximum atomic E-state index is 7.29. The third-order valence-corrected chi connectivity index (χ3v) is 11.5. The molecule has 252 valence electrons. The summed E-state index contributed by atoms with van der Waals surface area (Å²) in [5, 5.41) is 5.44. The molecule has 2 aromatic heterocycles. The van der Waals surface area contributed by atoms with Gasteiger partial charge in [0.1, 0.15) is 105 Å². The predicted octanol–water partition coefficient (Wildman–Crippen LogP) is -2.58. The summed E-state index contributed by atoms with van der Waals surface area (Å²) in [5.41, 5.74) is 6.94. The molecule has 0 N–H and O–H groups in total. The topological polar surface area (TPSA) is 51.8 Å². The second-order valence-corrected chi connectivity index (χ2v) is 15.0. The van der Waals surface area contributed by atoms with Crippen LogP contribution in [0.5, 0.6) is 0 Å². The first kappa shape index (κ1) is 39.3. The van der Waals surface area contributed by atoms with Crippen molar-refractivity contribution in [3.63, 3.8) is 0 Å². The lowest BCUT2D eigenvalue weighted by atomic mass is 9.60. The van der Waals surface area contributed by atoms with Crippen molar-refractivity contribution in [2.24, 2.45) is 0 Å². The van der Waals surface area contributed by atoms with Crippen molar-refractivity contribution >= 4 is 214 Å².